The molecule has 2 bridgehead atoms. The fraction of sp³-hybridized carbons (Fsp3) is 0.286. The van der Waals surface area contributed by atoms with Gasteiger partial charge in [0.1, 0.15) is 5.92 Å². The first kappa shape index (κ1) is 14.4. The summed E-state index contributed by atoms with van der Waals surface area (Å²) in [6.07, 6.45) is 2.34. The smallest absolute Gasteiger partial charge is 0.310 e. The number of fused-ring (bicyclic) bond motifs is 2. The number of anilines is 1. The van der Waals surface area contributed by atoms with E-state index in [-0.39, 0.29) is 0 Å². The number of carboxylic acids is 1. The maximum Gasteiger partial charge on any atom is 0.310 e. The number of hydrogen-bond acceptors (Lipinski definition) is 3. The standard InChI is InChI=1S/C14H11Cl2NO4/c15-6-1-2-8(7(16)5-6)17-13(18)11-9-3-4-10(21-9)12(11)14(19)20/h1-5,9-12H,(H,17,18)(H,19,20)/t9-,10-,11-,12-/m1/s1. The van der Waals surface area contributed by atoms with Crippen molar-refractivity contribution >= 4 is 40.8 Å². The van der Waals surface area contributed by atoms with Gasteiger partial charge in [-0.3, -0.25) is 9.59 Å². The highest BCUT2D eigenvalue weighted by Gasteiger charge is 2.53. The average molecular weight is 328 g/mol. The Morgan fingerprint density at radius 3 is 2.43 bits per heavy atom. The van der Waals surface area contributed by atoms with Gasteiger partial charge in [0.05, 0.1) is 28.8 Å². The number of rotatable bonds is 3. The number of carboxylic acid groups (broad SMARTS) is 1. The number of amides is 1. The van der Waals surface area contributed by atoms with E-state index >= 15 is 0 Å². The minimum atomic E-state index is -1.05. The maximum atomic E-state index is 12.4. The van der Waals surface area contributed by atoms with E-state index < -0.39 is 35.9 Å². The summed E-state index contributed by atoms with van der Waals surface area (Å²) < 4.78 is 5.46. The molecular formula is C14H11Cl2NO4. The van der Waals surface area contributed by atoms with E-state index in [1.807, 2.05) is 0 Å². The van der Waals surface area contributed by atoms with Crippen LogP contribution in [-0.4, -0.2) is 29.2 Å². The molecule has 1 amide bonds. The zero-order valence-electron chi connectivity index (χ0n) is 10.6. The lowest BCUT2D eigenvalue weighted by Crippen LogP contribution is -2.39. The van der Waals surface area contributed by atoms with Gasteiger partial charge < -0.3 is 15.2 Å². The van der Waals surface area contributed by atoms with Crippen LogP contribution >= 0.6 is 23.2 Å². The molecule has 1 saturated heterocycles. The lowest BCUT2D eigenvalue weighted by atomic mass is 9.82. The van der Waals surface area contributed by atoms with Crippen molar-refractivity contribution < 1.29 is 19.4 Å². The molecule has 0 aliphatic carbocycles. The Balaban J connectivity index is 1.82. The Bertz CT molecular complexity index is 646. The molecule has 5 nitrogen and oxygen atoms in total. The Kier molecular flexibility index (Phi) is 3.65. The maximum absolute atomic E-state index is 12.4. The van der Waals surface area contributed by atoms with E-state index in [9.17, 15) is 14.7 Å². The second-order valence-electron chi connectivity index (χ2n) is 4.95. The molecule has 21 heavy (non-hydrogen) atoms. The van der Waals surface area contributed by atoms with Crippen LogP contribution in [0.3, 0.4) is 0 Å². The van der Waals surface area contributed by atoms with Crippen LogP contribution in [0.25, 0.3) is 0 Å². The Hall–Kier alpha value is -1.56. The summed E-state index contributed by atoms with van der Waals surface area (Å²) in [6, 6.07) is 4.67. The highest BCUT2D eigenvalue weighted by Crippen LogP contribution is 2.40. The molecule has 1 aromatic rings. The molecule has 0 spiro atoms. The zero-order valence-corrected chi connectivity index (χ0v) is 12.1. The minimum absolute atomic E-state index is 0.294. The number of hydrogen-bond donors (Lipinski definition) is 2. The molecule has 2 N–H and O–H groups in total. The van der Waals surface area contributed by atoms with Crippen molar-refractivity contribution in [2.24, 2.45) is 11.8 Å². The molecule has 0 radical (unpaired) electrons. The van der Waals surface area contributed by atoms with Gasteiger partial charge in [0, 0.05) is 5.02 Å². The average Bonchev–Trinajstić information content (AvgIpc) is 3.02. The topological polar surface area (TPSA) is 75.6 Å². The fourth-order valence-electron chi connectivity index (χ4n) is 2.72. The van der Waals surface area contributed by atoms with Gasteiger partial charge in [-0.25, -0.2) is 0 Å². The van der Waals surface area contributed by atoms with Crippen LogP contribution in [0.4, 0.5) is 5.69 Å². The summed E-state index contributed by atoms with van der Waals surface area (Å²) in [4.78, 5) is 23.7. The van der Waals surface area contributed by atoms with Gasteiger partial charge in [0.25, 0.3) is 0 Å². The molecule has 0 saturated carbocycles. The first-order chi connectivity index (χ1) is 9.97. The fourth-order valence-corrected chi connectivity index (χ4v) is 3.18. The first-order valence-electron chi connectivity index (χ1n) is 6.30. The monoisotopic (exact) mass is 327 g/mol. The molecule has 0 unspecified atom stereocenters. The van der Waals surface area contributed by atoms with Crippen LogP contribution < -0.4 is 5.32 Å². The van der Waals surface area contributed by atoms with Crippen LogP contribution in [-0.2, 0) is 14.3 Å². The van der Waals surface area contributed by atoms with Crippen molar-refractivity contribution in [2.75, 3.05) is 5.32 Å². The van der Waals surface area contributed by atoms with E-state index in [0.29, 0.717) is 15.7 Å². The van der Waals surface area contributed by atoms with E-state index in [0.717, 1.165) is 0 Å². The molecule has 1 aromatic carbocycles. The number of carbonyl (C=O) groups excluding carboxylic acids is 1. The molecule has 2 aliphatic rings. The number of nitrogens with one attached hydrogen (secondary N) is 1. The molecule has 7 heteroatoms. The predicted octanol–water partition coefficient (Wildman–Crippen LogP) is 2.59. The summed E-state index contributed by atoms with van der Waals surface area (Å²) in [7, 11) is 0. The van der Waals surface area contributed by atoms with E-state index in [1.165, 1.54) is 6.07 Å². The van der Waals surface area contributed by atoms with E-state index in [2.05, 4.69) is 5.32 Å². The molecule has 2 aliphatic heterocycles. The number of halogens is 2. The molecule has 110 valence electrons. The van der Waals surface area contributed by atoms with Crippen molar-refractivity contribution in [1.82, 2.24) is 0 Å². The second kappa shape index (κ2) is 5.33. The molecule has 1 fully saturated rings. The van der Waals surface area contributed by atoms with Crippen molar-refractivity contribution in [3.63, 3.8) is 0 Å². The molecule has 3 rings (SSSR count). The lowest BCUT2D eigenvalue weighted by molar-refractivity contribution is -0.145. The minimum Gasteiger partial charge on any atom is -0.481 e. The van der Waals surface area contributed by atoms with Crippen LogP contribution in [0.2, 0.25) is 10.0 Å². The predicted molar refractivity (Wildman–Crippen MR) is 77.5 cm³/mol. The molecule has 4 atom stereocenters. The van der Waals surface area contributed by atoms with Gasteiger partial charge >= 0.3 is 5.97 Å². The van der Waals surface area contributed by atoms with E-state index in [4.69, 9.17) is 27.9 Å². The van der Waals surface area contributed by atoms with Crippen molar-refractivity contribution in [2.45, 2.75) is 12.2 Å². The third kappa shape index (κ3) is 2.52. The van der Waals surface area contributed by atoms with Crippen LogP contribution in [0.1, 0.15) is 0 Å². The number of benzene rings is 1. The molecule has 2 heterocycles. The van der Waals surface area contributed by atoms with E-state index in [1.54, 1.807) is 24.3 Å². The Labute approximate surface area is 130 Å². The summed E-state index contributed by atoms with van der Waals surface area (Å²) in [5, 5.41) is 12.7. The van der Waals surface area contributed by atoms with Gasteiger partial charge in [0.2, 0.25) is 5.91 Å². The molecule has 0 aromatic heterocycles. The largest absolute Gasteiger partial charge is 0.481 e. The van der Waals surface area contributed by atoms with Gasteiger partial charge in [-0.1, -0.05) is 35.4 Å². The second-order valence-corrected chi connectivity index (χ2v) is 5.80. The quantitative estimate of drug-likeness (QED) is 0.836. The summed E-state index contributed by atoms with van der Waals surface area (Å²) >= 11 is 11.8. The van der Waals surface area contributed by atoms with Crippen LogP contribution in [0.15, 0.2) is 30.4 Å². The Morgan fingerprint density at radius 1 is 1.14 bits per heavy atom. The van der Waals surface area contributed by atoms with Gasteiger partial charge in [-0.05, 0) is 18.2 Å². The molecular weight excluding hydrogens is 317 g/mol. The summed E-state index contributed by atoms with van der Waals surface area (Å²) in [6.45, 7) is 0. The highest BCUT2D eigenvalue weighted by atomic mass is 35.5. The lowest BCUT2D eigenvalue weighted by Gasteiger charge is -2.21. The normalized spacial score (nSPS) is 29.6. The summed E-state index contributed by atoms with van der Waals surface area (Å²) in [5.74, 6) is -3.13. The van der Waals surface area contributed by atoms with Crippen molar-refractivity contribution in [1.29, 1.82) is 0 Å². The number of ether oxygens (including phenoxy) is 1. The zero-order chi connectivity index (χ0) is 15.1. The third-order valence-electron chi connectivity index (χ3n) is 3.68. The van der Waals surface area contributed by atoms with Crippen molar-refractivity contribution in [3.8, 4) is 0 Å². The third-order valence-corrected chi connectivity index (χ3v) is 4.22. The van der Waals surface area contributed by atoms with Crippen LogP contribution in [0, 0.1) is 11.8 Å². The number of aliphatic carboxylic acids is 1. The van der Waals surface area contributed by atoms with Crippen molar-refractivity contribution in [3.05, 3.63) is 40.4 Å². The number of carbonyl (C=O) groups is 2. The summed E-state index contributed by atoms with van der Waals surface area (Å²) in [5.41, 5.74) is 0.391. The van der Waals surface area contributed by atoms with Gasteiger partial charge in [-0.15, -0.1) is 0 Å². The van der Waals surface area contributed by atoms with Gasteiger partial charge in [0.15, 0.2) is 0 Å². The van der Waals surface area contributed by atoms with Gasteiger partial charge in [-0.2, -0.15) is 0 Å². The Morgan fingerprint density at radius 2 is 1.81 bits per heavy atom. The van der Waals surface area contributed by atoms with Crippen LogP contribution in [0.5, 0.6) is 0 Å². The SMILES string of the molecule is O=C(O)[C@H]1[C@H](C(=O)Nc2ccc(Cl)cc2Cl)[C@H]2C=C[C@H]1O2. The first-order valence-corrected chi connectivity index (χ1v) is 7.05. The highest BCUT2D eigenvalue weighted by molar-refractivity contribution is 6.36.